The van der Waals surface area contributed by atoms with E-state index in [1.165, 1.54) is 0 Å². The average molecular weight is 331 g/mol. The Kier molecular flexibility index (Phi) is 5.68. The van der Waals surface area contributed by atoms with Crippen LogP contribution in [-0.2, 0) is 15.7 Å². The quantitative estimate of drug-likeness (QED) is 0.849. The van der Waals surface area contributed by atoms with Crippen LogP contribution in [0.15, 0.2) is 12.1 Å². The Balaban J connectivity index is 3.05. The molecular weight excluding hydrogens is 320 g/mol. The minimum absolute atomic E-state index is 0.125. The lowest BCUT2D eigenvalue weighted by Crippen LogP contribution is -2.12. The van der Waals surface area contributed by atoms with Gasteiger partial charge in [0.2, 0.25) is 0 Å². The molecule has 0 aliphatic heterocycles. The van der Waals surface area contributed by atoms with Gasteiger partial charge in [-0.3, -0.25) is 4.79 Å². The smallest absolute Gasteiger partial charge is 0.416 e. The van der Waals surface area contributed by atoms with Crippen LogP contribution in [0.2, 0.25) is 10.0 Å². The first kappa shape index (κ1) is 17.1. The second kappa shape index (κ2) is 6.65. The first-order valence-electron chi connectivity index (χ1n) is 5.56. The Labute approximate surface area is 123 Å². The van der Waals surface area contributed by atoms with Crippen LogP contribution in [0.4, 0.5) is 13.2 Å². The number of carbonyl (C=O) groups excluding carboxylic acids is 1. The van der Waals surface area contributed by atoms with Gasteiger partial charge in [0.1, 0.15) is 0 Å². The van der Waals surface area contributed by atoms with Crippen molar-refractivity contribution < 1.29 is 27.8 Å². The predicted molar refractivity (Wildman–Crippen MR) is 67.7 cm³/mol. The normalized spacial score (nSPS) is 13.2. The highest BCUT2D eigenvalue weighted by atomic mass is 35.5. The number of ether oxygens (including phenoxy) is 1. The van der Waals surface area contributed by atoms with Crippen molar-refractivity contribution in [3.05, 3.63) is 33.3 Å². The zero-order chi connectivity index (χ0) is 15.5. The summed E-state index contributed by atoms with van der Waals surface area (Å²) in [5.74, 6) is -0.702. The summed E-state index contributed by atoms with van der Waals surface area (Å²) in [4.78, 5) is 11.2. The van der Waals surface area contributed by atoms with Crippen LogP contribution >= 0.6 is 23.2 Å². The monoisotopic (exact) mass is 330 g/mol. The molecule has 1 atom stereocenters. The fourth-order valence-corrected chi connectivity index (χ4v) is 2.29. The molecule has 1 aromatic carbocycles. The lowest BCUT2D eigenvalue weighted by Gasteiger charge is -2.16. The number of esters is 1. The Hall–Kier alpha value is -0.980. The van der Waals surface area contributed by atoms with Gasteiger partial charge < -0.3 is 9.84 Å². The van der Waals surface area contributed by atoms with Gasteiger partial charge in [-0.2, -0.15) is 13.2 Å². The molecule has 1 N–H and O–H groups in total. The van der Waals surface area contributed by atoms with E-state index in [4.69, 9.17) is 23.2 Å². The SMILES string of the molecule is CCOC(=O)CC(O)c1c(Cl)cc(C(F)(F)F)cc1Cl. The summed E-state index contributed by atoms with van der Waals surface area (Å²) < 4.78 is 42.2. The van der Waals surface area contributed by atoms with Crippen molar-refractivity contribution >= 4 is 29.2 Å². The molecule has 112 valence electrons. The predicted octanol–water partition coefficient (Wildman–Crippen LogP) is 4.00. The molecule has 0 bridgehead atoms. The Bertz CT molecular complexity index is 480. The van der Waals surface area contributed by atoms with Crippen LogP contribution in [0.3, 0.4) is 0 Å². The van der Waals surface area contributed by atoms with Crippen molar-refractivity contribution in [3.8, 4) is 0 Å². The van der Waals surface area contributed by atoms with Gasteiger partial charge in [-0.05, 0) is 19.1 Å². The van der Waals surface area contributed by atoms with Crippen LogP contribution in [0.25, 0.3) is 0 Å². The van der Waals surface area contributed by atoms with Gasteiger partial charge in [-0.1, -0.05) is 23.2 Å². The highest BCUT2D eigenvalue weighted by molar-refractivity contribution is 6.36. The molecule has 20 heavy (non-hydrogen) atoms. The van der Waals surface area contributed by atoms with Gasteiger partial charge in [0.15, 0.2) is 0 Å². The van der Waals surface area contributed by atoms with E-state index >= 15 is 0 Å². The Morgan fingerprint density at radius 1 is 1.35 bits per heavy atom. The van der Waals surface area contributed by atoms with Gasteiger partial charge in [-0.25, -0.2) is 0 Å². The number of aliphatic hydroxyl groups excluding tert-OH is 1. The number of carbonyl (C=O) groups is 1. The molecule has 0 spiro atoms. The fourth-order valence-electron chi connectivity index (χ4n) is 1.55. The number of benzene rings is 1. The summed E-state index contributed by atoms with van der Waals surface area (Å²) in [6.45, 7) is 1.71. The van der Waals surface area contributed by atoms with Gasteiger partial charge in [0, 0.05) is 15.6 Å². The van der Waals surface area contributed by atoms with E-state index < -0.39 is 30.2 Å². The minimum atomic E-state index is -4.60. The third-order valence-electron chi connectivity index (χ3n) is 2.40. The number of aliphatic hydroxyl groups is 1. The molecule has 1 aromatic rings. The molecule has 3 nitrogen and oxygen atoms in total. The molecule has 0 heterocycles. The summed E-state index contributed by atoms with van der Waals surface area (Å²) in [6.07, 6.45) is -6.48. The van der Waals surface area contributed by atoms with E-state index in [-0.39, 0.29) is 22.2 Å². The first-order chi connectivity index (χ1) is 9.16. The lowest BCUT2D eigenvalue weighted by atomic mass is 10.0. The molecule has 1 rings (SSSR count). The number of rotatable bonds is 4. The topological polar surface area (TPSA) is 46.5 Å². The van der Waals surface area contributed by atoms with Gasteiger partial charge in [0.05, 0.1) is 24.7 Å². The molecule has 0 aliphatic carbocycles. The van der Waals surface area contributed by atoms with Gasteiger partial charge >= 0.3 is 12.1 Å². The van der Waals surface area contributed by atoms with Crippen molar-refractivity contribution in [2.75, 3.05) is 6.61 Å². The molecule has 1 unspecified atom stereocenters. The van der Waals surface area contributed by atoms with E-state index in [9.17, 15) is 23.1 Å². The van der Waals surface area contributed by atoms with E-state index in [1.54, 1.807) is 6.92 Å². The summed E-state index contributed by atoms with van der Waals surface area (Å²) in [7, 11) is 0. The fraction of sp³-hybridized carbons (Fsp3) is 0.417. The zero-order valence-corrected chi connectivity index (χ0v) is 11.8. The molecule has 0 fully saturated rings. The summed E-state index contributed by atoms with van der Waals surface area (Å²) in [5.41, 5.74) is -1.16. The lowest BCUT2D eigenvalue weighted by molar-refractivity contribution is -0.145. The zero-order valence-electron chi connectivity index (χ0n) is 10.3. The van der Waals surface area contributed by atoms with Crippen molar-refractivity contribution in [2.24, 2.45) is 0 Å². The Morgan fingerprint density at radius 2 is 1.85 bits per heavy atom. The maximum atomic E-state index is 12.5. The van der Waals surface area contributed by atoms with E-state index in [2.05, 4.69) is 4.74 Å². The van der Waals surface area contributed by atoms with Gasteiger partial charge in [-0.15, -0.1) is 0 Å². The summed E-state index contributed by atoms with van der Waals surface area (Å²) in [6, 6.07) is 1.30. The highest BCUT2D eigenvalue weighted by Crippen LogP contribution is 2.38. The number of hydrogen-bond acceptors (Lipinski definition) is 3. The molecule has 0 saturated heterocycles. The molecule has 0 saturated carbocycles. The van der Waals surface area contributed by atoms with E-state index in [0.717, 1.165) is 0 Å². The molecule has 0 radical (unpaired) electrons. The number of halogens is 5. The Morgan fingerprint density at radius 3 is 2.25 bits per heavy atom. The summed E-state index contributed by atoms with van der Waals surface area (Å²) >= 11 is 11.4. The molecule has 0 aromatic heterocycles. The van der Waals surface area contributed by atoms with Crippen LogP contribution in [-0.4, -0.2) is 17.7 Å². The first-order valence-corrected chi connectivity index (χ1v) is 6.32. The van der Waals surface area contributed by atoms with Gasteiger partial charge in [0.25, 0.3) is 0 Å². The number of alkyl halides is 3. The molecular formula is C12H11Cl2F3O3. The van der Waals surface area contributed by atoms with Crippen molar-refractivity contribution in [3.63, 3.8) is 0 Å². The van der Waals surface area contributed by atoms with Crippen LogP contribution < -0.4 is 0 Å². The van der Waals surface area contributed by atoms with Crippen LogP contribution in [0.5, 0.6) is 0 Å². The second-order valence-electron chi connectivity index (χ2n) is 3.88. The summed E-state index contributed by atoms with van der Waals surface area (Å²) in [5, 5.41) is 9.10. The number of hydrogen-bond donors (Lipinski definition) is 1. The maximum absolute atomic E-state index is 12.5. The third-order valence-corrected chi connectivity index (χ3v) is 3.03. The molecule has 0 amide bonds. The van der Waals surface area contributed by atoms with Crippen molar-refractivity contribution in [1.82, 2.24) is 0 Å². The van der Waals surface area contributed by atoms with E-state index in [0.29, 0.717) is 12.1 Å². The molecule has 8 heteroatoms. The van der Waals surface area contributed by atoms with Crippen LogP contribution in [0.1, 0.15) is 30.6 Å². The average Bonchev–Trinajstić information content (AvgIpc) is 2.26. The van der Waals surface area contributed by atoms with Crippen molar-refractivity contribution in [2.45, 2.75) is 25.6 Å². The maximum Gasteiger partial charge on any atom is 0.416 e. The largest absolute Gasteiger partial charge is 0.466 e. The standard InChI is InChI=1S/C12H11Cl2F3O3/c1-2-20-10(19)5-9(18)11-7(13)3-6(4-8(11)14)12(15,16)17/h3-4,9,18H,2,5H2,1H3. The highest BCUT2D eigenvalue weighted by Gasteiger charge is 2.33. The van der Waals surface area contributed by atoms with Crippen molar-refractivity contribution in [1.29, 1.82) is 0 Å². The second-order valence-corrected chi connectivity index (χ2v) is 4.69. The van der Waals surface area contributed by atoms with E-state index in [1.807, 2.05) is 0 Å². The minimum Gasteiger partial charge on any atom is -0.466 e. The van der Waals surface area contributed by atoms with Crippen LogP contribution in [0, 0.1) is 0 Å². The molecule has 0 aliphatic rings. The third kappa shape index (κ3) is 4.26.